The molecule has 0 saturated carbocycles. The Hall–Kier alpha value is -2.07. The van der Waals surface area contributed by atoms with Crippen LogP contribution >= 0.6 is 12.6 Å². The van der Waals surface area contributed by atoms with Crippen molar-refractivity contribution >= 4 is 24.2 Å². The van der Waals surface area contributed by atoms with Crippen LogP contribution in [0.2, 0.25) is 0 Å². The van der Waals surface area contributed by atoms with Gasteiger partial charge in [0, 0.05) is 16.0 Å². The van der Waals surface area contributed by atoms with Crippen molar-refractivity contribution in [2.75, 3.05) is 0 Å². The summed E-state index contributed by atoms with van der Waals surface area (Å²) in [6.45, 7) is 4.40. The Balaban J connectivity index is 2.00. The molecule has 2 aromatic carbocycles. The van der Waals surface area contributed by atoms with E-state index in [-0.39, 0.29) is 28.4 Å². The number of ketones is 2. The van der Waals surface area contributed by atoms with Gasteiger partial charge in [0.15, 0.2) is 11.6 Å². The second kappa shape index (κ2) is 10.3. The van der Waals surface area contributed by atoms with Crippen molar-refractivity contribution in [3.05, 3.63) is 57.6 Å². The number of unbranched alkanes of at least 4 members (excludes halogenated alkanes) is 6. The van der Waals surface area contributed by atoms with Crippen LogP contribution in [-0.2, 0) is 12.8 Å². The number of rotatable bonds is 10. The first-order valence-electron chi connectivity index (χ1n) is 11.3. The Labute approximate surface area is 185 Å². The van der Waals surface area contributed by atoms with Gasteiger partial charge in [0.2, 0.25) is 0 Å². The lowest BCUT2D eigenvalue weighted by Gasteiger charge is -2.22. The molecule has 2 aromatic rings. The maximum absolute atomic E-state index is 13.3. The van der Waals surface area contributed by atoms with Gasteiger partial charge in [-0.25, -0.2) is 0 Å². The van der Waals surface area contributed by atoms with Gasteiger partial charge in [-0.05, 0) is 61.1 Å². The lowest BCUT2D eigenvalue weighted by molar-refractivity contribution is 0.0974. The molecule has 0 aliphatic heterocycles. The molecular weight excluding hydrogens is 392 g/mol. The predicted molar refractivity (Wildman–Crippen MR) is 124 cm³/mol. The third kappa shape index (κ3) is 4.64. The summed E-state index contributed by atoms with van der Waals surface area (Å²) in [5.41, 5.74) is 3.55. The summed E-state index contributed by atoms with van der Waals surface area (Å²) in [5.74, 6) is -0.645. The first-order chi connectivity index (χ1) is 14.5. The SMILES string of the molecule is CCCCCCc1cc2c(cc1CCCCCC)C(=O)c1c(S)ccc(O)c1C2=O. The summed E-state index contributed by atoms with van der Waals surface area (Å²) in [6, 6.07) is 6.87. The zero-order chi connectivity index (χ0) is 21.7. The number of aromatic hydroxyl groups is 1. The largest absolute Gasteiger partial charge is 0.507 e. The zero-order valence-corrected chi connectivity index (χ0v) is 19.0. The first-order valence-corrected chi connectivity index (χ1v) is 11.7. The van der Waals surface area contributed by atoms with Crippen LogP contribution in [0.25, 0.3) is 0 Å². The molecule has 0 saturated heterocycles. The van der Waals surface area contributed by atoms with Crippen molar-refractivity contribution in [1.82, 2.24) is 0 Å². The van der Waals surface area contributed by atoms with Crippen molar-refractivity contribution in [2.45, 2.75) is 83.0 Å². The average Bonchev–Trinajstić information content (AvgIpc) is 2.74. The van der Waals surface area contributed by atoms with E-state index in [0.29, 0.717) is 16.0 Å². The van der Waals surface area contributed by atoms with Crippen molar-refractivity contribution in [3.63, 3.8) is 0 Å². The molecule has 0 spiro atoms. The number of thiol groups is 1. The molecule has 4 heteroatoms. The van der Waals surface area contributed by atoms with Crippen molar-refractivity contribution < 1.29 is 14.7 Å². The Kier molecular flexibility index (Phi) is 7.76. The highest BCUT2D eigenvalue weighted by atomic mass is 32.1. The zero-order valence-electron chi connectivity index (χ0n) is 18.1. The highest BCUT2D eigenvalue weighted by Crippen LogP contribution is 2.37. The molecule has 1 aliphatic carbocycles. The lowest BCUT2D eigenvalue weighted by atomic mass is 9.80. The maximum Gasteiger partial charge on any atom is 0.198 e. The quantitative estimate of drug-likeness (QED) is 0.281. The number of hydrogen-bond acceptors (Lipinski definition) is 4. The Bertz CT molecular complexity index is 870. The molecule has 3 rings (SSSR count). The Morgan fingerprint density at radius 3 is 1.73 bits per heavy atom. The smallest absolute Gasteiger partial charge is 0.198 e. The van der Waals surface area contributed by atoms with Gasteiger partial charge in [0.25, 0.3) is 0 Å². The fraction of sp³-hybridized carbons (Fsp3) is 0.462. The number of hydrogen-bond donors (Lipinski definition) is 2. The molecule has 160 valence electrons. The van der Waals surface area contributed by atoms with Crippen LogP contribution in [-0.4, -0.2) is 16.7 Å². The fourth-order valence-corrected chi connectivity index (χ4v) is 4.61. The summed E-state index contributed by atoms with van der Waals surface area (Å²) >= 11 is 4.38. The van der Waals surface area contributed by atoms with E-state index >= 15 is 0 Å². The van der Waals surface area contributed by atoms with Crippen LogP contribution in [0.4, 0.5) is 0 Å². The van der Waals surface area contributed by atoms with E-state index in [1.807, 2.05) is 12.1 Å². The molecule has 0 fully saturated rings. The maximum atomic E-state index is 13.3. The summed E-state index contributed by atoms with van der Waals surface area (Å²) in [4.78, 5) is 26.9. The van der Waals surface area contributed by atoms with E-state index in [0.717, 1.165) is 25.7 Å². The molecular formula is C26H32O3S. The second-order valence-electron chi connectivity index (χ2n) is 8.30. The first kappa shape index (κ1) is 22.6. The highest BCUT2D eigenvalue weighted by molar-refractivity contribution is 7.80. The second-order valence-corrected chi connectivity index (χ2v) is 8.78. The Morgan fingerprint density at radius 1 is 0.733 bits per heavy atom. The van der Waals surface area contributed by atoms with Gasteiger partial charge in [0.1, 0.15) is 5.75 Å². The summed E-state index contributed by atoms with van der Waals surface area (Å²) in [5, 5.41) is 10.3. The van der Waals surface area contributed by atoms with Gasteiger partial charge >= 0.3 is 0 Å². The van der Waals surface area contributed by atoms with E-state index in [9.17, 15) is 14.7 Å². The van der Waals surface area contributed by atoms with Crippen molar-refractivity contribution in [1.29, 1.82) is 0 Å². The van der Waals surface area contributed by atoms with E-state index in [1.165, 1.54) is 55.7 Å². The molecule has 0 atom stereocenters. The number of aryl methyl sites for hydroxylation is 2. The summed E-state index contributed by atoms with van der Waals surface area (Å²) in [7, 11) is 0. The fourth-order valence-electron chi connectivity index (χ4n) is 4.32. The predicted octanol–water partition coefficient (Wildman–Crippen LogP) is 6.70. The Morgan fingerprint density at radius 2 is 1.23 bits per heavy atom. The molecule has 1 aliphatic rings. The van der Waals surface area contributed by atoms with Crippen molar-refractivity contribution in [2.24, 2.45) is 0 Å². The van der Waals surface area contributed by atoms with Crippen molar-refractivity contribution in [3.8, 4) is 5.75 Å². The van der Waals surface area contributed by atoms with E-state index in [1.54, 1.807) is 6.07 Å². The molecule has 0 heterocycles. The van der Waals surface area contributed by atoms with Crippen LogP contribution in [0.5, 0.6) is 5.75 Å². The molecule has 30 heavy (non-hydrogen) atoms. The molecule has 0 aromatic heterocycles. The lowest BCUT2D eigenvalue weighted by Crippen LogP contribution is -2.22. The standard InChI is InChI=1S/C26H32O3S/c1-3-5-7-9-11-17-15-19-20(16-18(17)12-10-8-6-4-2)26(29)24-22(30)14-13-21(27)23(24)25(19)28/h13-16,27,30H,3-12H2,1-2H3. The molecule has 0 unspecified atom stereocenters. The molecule has 1 N–H and O–H groups in total. The van der Waals surface area contributed by atoms with Gasteiger partial charge in [-0.3, -0.25) is 9.59 Å². The van der Waals surface area contributed by atoms with Crippen LogP contribution in [0, 0.1) is 0 Å². The molecule has 0 amide bonds. The number of phenolic OH excluding ortho intramolecular Hbond substituents is 1. The van der Waals surface area contributed by atoms with Crippen LogP contribution < -0.4 is 0 Å². The van der Waals surface area contributed by atoms with E-state index < -0.39 is 0 Å². The molecule has 0 radical (unpaired) electrons. The number of carbonyl (C=O) groups is 2. The molecule has 3 nitrogen and oxygen atoms in total. The summed E-state index contributed by atoms with van der Waals surface area (Å²) < 4.78 is 0. The van der Waals surface area contributed by atoms with Crippen LogP contribution in [0.3, 0.4) is 0 Å². The summed E-state index contributed by atoms with van der Waals surface area (Å²) in [6.07, 6.45) is 11.2. The average molecular weight is 425 g/mol. The highest BCUT2D eigenvalue weighted by Gasteiger charge is 2.34. The van der Waals surface area contributed by atoms with Gasteiger partial charge in [-0.2, -0.15) is 0 Å². The van der Waals surface area contributed by atoms with Crippen LogP contribution in [0.1, 0.15) is 108 Å². The topological polar surface area (TPSA) is 54.4 Å². The number of phenols is 1. The van der Waals surface area contributed by atoms with E-state index in [2.05, 4.69) is 26.5 Å². The number of benzene rings is 2. The third-order valence-electron chi connectivity index (χ3n) is 6.04. The number of carbonyl (C=O) groups excluding carboxylic acids is 2. The molecule has 0 bridgehead atoms. The number of fused-ring (bicyclic) bond motifs is 2. The van der Waals surface area contributed by atoms with Gasteiger partial charge in [-0.1, -0.05) is 52.4 Å². The van der Waals surface area contributed by atoms with E-state index in [4.69, 9.17) is 0 Å². The van der Waals surface area contributed by atoms with Crippen LogP contribution in [0.15, 0.2) is 29.2 Å². The normalized spacial score (nSPS) is 12.8. The van der Waals surface area contributed by atoms with Gasteiger partial charge < -0.3 is 5.11 Å². The minimum atomic E-state index is -0.277. The minimum Gasteiger partial charge on any atom is -0.507 e. The minimum absolute atomic E-state index is 0.0904. The monoisotopic (exact) mass is 424 g/mol. The van der Waals surface area contributed by atoms with Gasteiger partial charge in [-0.15, -0.1) is 12.6 Å². The third-order valence-corrected chi connectivity index (χ3v) is 6.42. The van der Waals surface area contributed by atoms with Gasteiger partial charge in [0.05, 0.1) is 11.1 Å².